The summed E-state index contributed by atoms with van der Waals surface area (Å²) in [7, 11) is 0. The van der Waals surface area contributed by atoms with Crippen LogP contribution in [0.15, 0.2) is 49.6 Å². The van der Waals surface area contributed by atoms with Crippen molar-refractivity contribution in [3.05, 3.63) is 49.6 Å². The number of benzene rings is 1. The van der Waals surface area contributed by atoms with Crippen molar-refractivity contribution < 1.29 is 28.5 Å². The molecule has 6 nitrogen and oxygen atoms in total. The Hall–Kier alpha value is -2.76. The van der Waals surface area contributed by atoms with Crippen LogP contribution in [0.2, 0.25) is 0 Å². The molecule has 1 aromatic carbocycles. The fourth-order valence-electron chi connectivity index (χ4n) is 1.66. The lowest BCUT2D eigenvalue weighted by atomic mass is 10.3. The third-order valence-electron chi connectivity index (χ3n) is 2.76. The van der Waals surface area contributed by atoms with Gasteiger partial charge in [-0.1, -0.05) is 25.3 Å². The van der Waals surface area contributed by atoms with Gasteiger partial charge in [-0.3, -0.25) is 0 Å². The van der Waals surface area contributed by atoms with Gasteiger partial charge in [0.1, 0.15) is 25.4 Å². The Labute approximate surface area is 141 Å². The van der Waals surface area contributed by atoms with E-state index in [1.165, 1.54) is 0 Å². The lowest BCUT2D eigenvalue weighted by Gasteiger charge is -2.17. The first kappa shape index (κ1) is 19.3. The third-order valence-corrected chi connectivity index (χ3v) is 2.76. The van der Waals surface area contributed by atoms with Gasteiger partial charge in [-0.2, -0.15) is 0 Å². The molecule has 2 unspecified atom stereocenters. The number of hydrogen-bond donors (Lipinski definition) is 0. The van der Waals surface area contributed by atoms with Crippen LogP contribution in [0.25, 0.3) is 0 Å². The van der Waals surface area contributed by atoms with E-state index < -0.39 is 24.1 Å². The average molecular weight is 334 g/mol. The summed E-state index contributed by atoms with van der Waals surface area (Å²) in [5, 5.41) is 0. The van der Waals surface area contributed by atoms with Gasteiger partial charge in [-0.25, -0.2) is 9.59 Å². The molecule has 0 aromatic heterocycles. The summed E-state index contributed by atoms with van der Waals surface area (Å²) in [6, 6.07) is 7.06. The minimum absolute atomic E-state index is 0.168. The molecule has 24 heavy (non-hydrogen) atoms. The molecule has 0 heterocycles. The van der Waals surface area contributed by atoms with E-state index in [0.29, 0.717) is 11.5 Å². The van der Waals surface area contributed by atoms with Crippen LogP contribution < -0.4 is 9.47 Å². The molecule has 1 aromatic rings. The van der Waals surface area contributed by atoms with Crippen LogP contribution in [0.1, 0.15) is 13.8 Å². The van der Waals surface area contributed by atoms with Crippen LogP contribution in [-0.2, 0) is 19.1 Å². The van der Waals surface area contributed by atoms with Gasteiger partial charge < -0.3 is 18.9 Å². The molecule has 0 saturated heterocycles. The van der Waals surface area contributed by atoms with E-state index >= 15 is 0 Å². The van der Waals surface area contributed by atoms with Gasteiger partial charge in [0, 0.05) is 12.2 Å². The number of ether oxygens (including phenoxy) is 4. The average Bonchev–Trinajstić information content (AvgIpc) is 2.58. The summed E-state index contributed by atoms with van der Waals surface area (Å²) in [5.74, 6) is -0.00973. The Morgan fingerprint density at radius 2 is 1.29 bits per heavy atom. The van der Waals surface area contributed by atoms with E-state index in [-0.39, 0.29) is 13.2 Å². The monoisotopic (exact) mass is 334 g/mol. The quantitative estimate of drug-likeness (QED) is 0.484. The second-order valence-electron chi connectivity index (χ2n) is 4.97. The summed E-state index contributed by atoms with van der Waals surface area (Å²) in [6.45, 7) is 10.4. The molecule has 0 aliphatic carbocycles. The highest BCUT2D eigenvalue weighted by Gasteiger charge is 2.12. The molecule has 0 saturated carbocycles. The van der Waals surface area contributed by atoms with E-state index in [2.05, 4.69) is 13.2 Å². The van der Waals surface area contributed by atoms with Crippen LogP contribution in [0.3, 0.4) is 0 Å². The van der Waals surface area contributed by atoms with Crippen molar-refractivity contribution in [2.24, 2.45) is 0 Å². The van der Waals surface area contributed by atoms with Crippen molar-refractivity contribution in [2.45, 2.75) is 26.1 Å². The fourth-order valence-corrected chi connectivity index (χ4v) is 1.66. The van der Waals surface area contributed by atoms with Gasteiger partial charge >= 0.3 is 11.9 Å². The Kier molecular flexibility index (Phi) is 8.11. The zero-order valence-electron chi connectivity index (χ0n) is 13.9. The standard InChI is InChI=1S/C18H22O6/c1-5-17(19)23-13(3)11-21-15-9-7-8-10-16(15)22-12-14(4)24-18(20)6-2/h5-10,13-14H,1-2,11-12H2,3-4H3. The summed E-state index contributed by atoms with van der Waals surface area (Å²) in [4.78, 5) is 22.2. The van der Waals surface area contributed by atoms with Gasteiger partial charge in [0.2, 0.25) is 0 Å². The maximum Gasteiger partial charge on any atom is 0.330 e. The Balaban J connectivity index is 2.55. The highest BCUT2D eigenvalue weighted by Crippen LogP contribution is 2.27. The van der Waals surface area contributed by atoms with Gasteiger partial charge in [-0.15, -0.1) is 0 Å². The SMILES string of the molecule is C=CC(=O)OC(C)COc1ccccc1OCC(C)OC(=O)C=C. The predicted octanol–water partition coefficient (Wildman–Crippen LogP) is 2.68. The molecule has 0 aliphatic heterocycles. The number of hydrogen-bond acceptors (Lipinski definition) is 6. The number of carbonyl (C=O) groups excluding carboxylic acids is 2. The number of rotatable bonds is 10. The molecule has 0 radical (unpaired) electrons. The molecule has 6 heteroatoms. The molecule has 0 amide bonds. The van der Waals surface area contributed by atoms with Crippen LogP contribution in [-0.4, -0.2) is 37.4 Å². The van der Waals surface area contributed by atoms with Crippen molar-refractivity contribution in [1.82, 2.24) is 0 Å². The van der Waals surface area contributed by atoms with Crippen LogP contribution >= 0.6 is 0 Å². The highest BCUT2D eigenvalue weighted by atomic mass is 16.6. The molecule has 0 spiro atoms. The Morgan fingerprint density at radius 1 is 0.917 bits per heavy atom. The van der Waals surface area contributed by atoms with Crippen molar-refractivity contribution in [3.8, 4) is 11.5 Å². The smallest absolute Gasteiger partial charge is 0.330 e. The zero-order chi connectivity index (χ0) is 17.9. The third kappa shape index (κ3) is 7.00. The minimum Gasteiger partial charge on any atom is -0.486 e. The van der Waals surface area contributed by atoms with Crippen molar-refractivity contribution in [3.63, 3.8) is 0 Å². The first-order valence-corrected chi connectivity index (χ1v) is 7.47. The van der Waals surface area contributed by atoms with Crippen molar-refractivity contribution >= 4 is 11.9 Å². The van der Waals surface area contributed by atoms with Crippen LogP contribution in [0.5, 0.6) is 11.5 Å². The van der Waals surface area contributed by atoms with E-state index in [4.69, 9.17) is 18.9 Å². The predicted molar refractivity (Wildman–Crippen MR) is 88.9 cm³/mol. The van der Waals surface area contributed by atoms with Gasteiger partial charge in [-0.05, 0) is 26.0 Å². The summed E-state index contributed by atoms with van der Waals surface area (Å²) >= 11 is 0. The zero-order valence-corrected chi connectivity index (χ0v) is 13.9. The fraction of sp³-hybridized carbons (Fsp3) is 0.333. The minimum atomic E-state index is -0.506. The van der Waals surface area contributed by atoms with E-state index in [0.717, 1.165) is 12.2 Å². The first-order valence-electron chi connectivity index (χ1n) is 7.47. The first-order chi connectivity index (χ1) is 11.5. The summed E-state index contributed by atoms with van der Waals surface area (Å²) in [5.41, 5.74) is 0. The van der Waals surface area contributed by atoms with Gasteiger partial charge in [0.15, 0.2) is 11.5 Å². The lowest BCUT2D eigenvalue weighted by molar-refractivity contribution is -0.144. The number of esters is 2. The molecule has 0 aliphatic rings. The second kappa shape index (κ2) is 10.1. The van der Waals surface area contributed by atoms with Crippen LogP contribution in [0, 0.1) is 0 Å². The molecule has 1 rings (SSSR count). The molecule has 130 valence electrons. The Bertz CT molecular complexity index is 530. The maximum absolute atomic E-state index is 11.1. The maximum atomic E-state index is 11.1. The lowest BCUT2D eigenvalue weighted by Crippen LogP contribution is -2.22. The molecule has 0 bridgehead atoms. The van der Waals surface area contributed by atoms with Crippen LogP contribution in [0.4, 0.5) is 0 Å². The Morgan fingerprint density at radius 3 is 1.62 bits per heavy atom. The number of para-hydroxylation sites is 2. The molecule has 2 atom stereocenters. The normalized spacial score (nSPS) is 12.4. The molecular weight excluding hydrogens is 312 g/mol. The molecule has 0 N–H and O–H groups in total. The van der Waals surface area contributed by atoms with E-state index in [1.54, 1.807) is 38.1 Å². The molecule has 0 fully saturated rings. The van der Waals surface area contributed by atoms with E-state index in [9.17, 15) is 9.59 Å². The van der Waals surface area contributed by atoms with Crippen molar-refractivity contribution in [2.75, 3.05) is 13.2 Å². The number of carbonyl (C=O) groups is 2. The van der Waals surface area contributed by atoms with Gasteiger partial charge in [0.25, 0.3) is 0 Å². The topological polar surface area (TPSA) is 71.1 Å². The molecular formula is C18H22O6. The summed E-state index contributed by atoms with van der Waals surface area (Å²) < 4.78 is 21.3. The largest absolute Gasteiger partial charge is 0.486 e. The van der Waals surface area contributed by atoms with E-state index in [1.807, 2.05) is 0 Å². The summed E-state index contributed by atoms with van der Waals surface area (Å²) in [6.07, 6.45) is 1.32. The van der Waals surface area contributed by atoms with Gasteiger partial charge in [0.05, 0.1) is 0 Å². The van der Waals surface area contributed by atoms with Crippen molar-refractivity contribution in [1.29, 1.82) is 0 Å². The highest BCUT2D eigenvalue weighted by molar-refractivity contribution is 5.81. The second-order valence-corrected chi connectivity index (χ2v) is 4.97.